The highest BCUT2D eigenvalue weighted by atomic mass is 32.2. The maximum absolute atomic E-state index is 12.8. The standard InChI is InChI=1S/C22H16F3NO3S2/c1-12-19(31-20(26-12)13-3-5-15(6-4-13)22(23,24)25)11-30-16-7-8-17-14(9-16)10-18(29-17)21(27)28-2/h3-10H,11H2,1-2H3. The number of thiazole rings is 1. The topological polar surface area (TPSA) is 52.3 Å². The molecule has 0 amide bonds. The molecular weight excluding hydrogens is 447 g/mol. The number of esters is 1. The molecule has 31 heavy (non-hydrogen) atoms. The van der Waals surface area contributed by atoms with Crippen LogP contribution in [-0.2, 0) is 16.7 Å². The summed E-state index contributed by atoms with van der Waals surface area (Å²) in [6.07, 6.45) is -4.35. The monoisotopic (exact) mass is 463 g/mol. The van der Waals surface area contributed by atoms with Gasteiger partial charge in [-0.2, -0.15) is 13.2 Å². The summed E-state index contributed by atoms with van der Waals surface area (Å²) in [6.45, 7) is 1.89. The molecule has 160 valence electrons. The number of carbonyl (C=O) groups excluding carboxylic acids is 1. The van der Waals surface area contributed by atoms with Gasteiger partial charge in [0.1, 0.15) is 10.6 Å². The molecule has 0 saturated carbocycles. The van der Waals surface area contributed by atoms with Gasteiger partial charge in [-0.3, -0.25) is 0 Å². The fourth-order valence-electron chi connectivity index (χ4n) is 2.95. The van der Waals surface area contributed by atoms with Crippen LogP contribution in [0.3, 0.4) is 0 Å². The van der Waals surface area contributed by atoms with Crippen LogP contribution in [0.2, 0.25) is 0 Å². The summed E-state index contributed by atoms with van der Waals surface area (Å²) in [5.74, 6) is 0.290. The average Bonchev–Trinajstić information content (AvgIpc) is 3.34. The Morgan fingerprint density at radius 3 is 2.58 bits per heavy atom. The lowest BCUT2D eigenvalue weighted by Gasteiger charge is -2.06. The zero-order valence-corrected chi connectivity index (χ0v) is 18.1. The van der Waals surface area contributed by atoms with Gasteiger partial charge in [0, 0.05) is 26.5 Å². The average molecular weight is 464 g/mol. The number of aryl methyl sites for hydroxylation is 1. The summed E-state index contributed by atoms with van der Waals surface area (Å²) in [5.41, 5.74) is 1.44. The lowest BCUT2D eigenvalue weighted by molar-refractivity contribution is -0.137. The van der Waals surface area contributed by atoms with Gasteiger partial charge in [-0.1, -0.05) is 12.1 Å². The number of benzene rings is 2. The van der Waals surface area contributed by atoms with Gasteiger partial charge in [0.25, 0.3) is 0 Å². The van der Waals surface area contributed by atoms with Gasteiger partial charge in [0.05, 0.1) is 18.4 Å². The first-order valence-corrected chi connectivity index (χ1v) is 10.9. The van der Waals surface area contributed by atoms with Crippen LogP contribution in [0.25, 0.3) is 21.5 Å². The van der Waals surface area contributed by atoms with Crippen molar-refractivity contribution in [2.75, 3.05) is 7.11 Å². The highest BCUT2D eigenvalue weighted by molar-refractivity contribution is 7.98. The molecule has 4 aromatic rings. The van der Waals surface area contributed by atoms with Crippen molar-refractivity contribution in [3.8, 4) is 10.6 Å². The van der Waals surface area contributed by atoms with Crippen LogP contribution < -0.4 is 0 Å². The molecule has 0 atom stereocenters. The predicted molar refractivity (Wildman–Crippen MR) is 114 cm³/mol. The van der Waals surface area contributed by atoms with Gasteiger partial charge in [-0.25, -0.2) is 9.78 Å². The smallest absolute Gasteiger partial charge is 0.416 e. The number of ether oxygens (including phenoxy) is 1. The van der Waals surface area contributed by atoms with E-state index in [4.69, 9.17) is 4.42 Å². The maximum Gasteiger partial charge on any atom is 0.416 e. The maximum atomic E-state index is 12.8. The molecule has 0 aliphatic carbocycles. The first-order chi connectivity index (χ1) is 14.7. The van der Waals surface area contributed by atoms with Crippen LogP contribution in [0.5, 0.6) is 0 Å². The molecule has 0 bridgehead atoms. The summed E-state index contributed by atoms with van der Waals surface area (Å²) in [6, 6.07) is 12.3. The minimum atomic E-state index is -4.35. The quantitative estimate of drug-likeness (QED) is 0.236. The van der Waals surface area contributed by atoms with Crippen LogP contribution in [0, 0.1) is 6.92 Å². The molecule has 0 aliphatic rings. The van der Waals surface area contributed by atoms with Crippen molar-refractivity contribution in [2.45, 2.75) is 23.7 Å². The highest BCUT2D eigenvalue weighted by Gasteiger charge is 2.30. The Labute approximate surface area is 184 Å². The molecule has 2 heterocycles. The van der Waals surface area contributed by atoms with Crippen molar-refractivity contribution >= 4 is 40.0 Å². The zero-order chi connectivity index (χ0) is 22.2. The fraction of sp³-hybridized carbons (Fsp3) is 0.182. The van der Waals surface area contributed by atoms with Crippen molar-refractivity contribution < 1.29 is 27.1 Å². The van der Waals surface area contributed by atoms with Crippen molar-refractivity contribution in [1.29, 1.82) is 0 Å². The third kappa shape index (κ3) is 4.62. The molecule has 2 aromatic heterocycles. The molecule has 0 radical (unpaired) electrons. The second kappa shape index (κ2) is 8.39. The van der Waals surface area contributed by atoms with Gasteiger partial charge in [0.15, 0.2) is 0 Å². The van der Waals surface area contributed by atoms with E-state index in [1.807, 2.05) is 19.1 Å². The van der Waals surface area contributed by atoms with E-state index in [1.54, 1.807) is 23.9 Å². The summed E-state index contributed by atoms with van der Waals surface area (Å²) >= 11 is 3.07. The number of alkyl halides is 3. The third-order valence-corrected chi connectivity index (χ3v) is 7.01. The number of halogens is 3. The first kappa shape index (κ1) is 21.5. The van der Waals surface area contributed by atoms with E-state index in [0.29, 0.717) is 21.9 Å². The second-order valence-electron chi connectivity index (χ2n) is 6.69. The summed E-state index contributed by atoms with van der Waals surface area (Å²) < 4.78 is 48.4. The number of fused-ring (bicyclic) bond motifs is 1. The molecule has 4 nitrogen and oxygen atoms in total. The number of thioether (sulfide) groups is 1. The second-order valence-corrected chi connectivity index (χ2v) is 8.83. The van der Waals surface area contributed by atoms with Gasteiger partial charge in [-0.15, -0.1) is 23.1 Å². The zero-order valence-electron chi connectivity index (χ0n) is 16.4. The lowest BCUT2D eigenvalue weighted by Crippen LogP contribution is -2.03. The van der Waals surface area contributed by atoms with Crippen LogP contribution in [-0.4, -0.2) is 18.1 Å². The largest absolute Gasteiger partial charge is 0.463 e. The van der Waals surface area contributed by atoms with E-state index < -0.39 is 17.7 Å². The van der Waals surface area contributed by atoms with Crippen LogP contribution in [0.15, 0.2) is 57.8 Å². The molecule has 0 N–H and O–H groups in total. The number of furan rings is 1. The third-order valence-electron chi connectivity index (χ3n) is 4.60. The number of methoxy groups -OCH3 is 1. The molecule has 0 saturated heterocycles. The fourth-order valence-corrected chi connectivity index (χ4v) is 5.11. The SMILES string of the molecule is COC(=O)c1cc2cc(SCc3sc(-c4ccc(C(F)(F)F)cc4)nc3C)ccc2o1. The van der Waals surface area contributed by atoms with E-state index in [9.17, 15) is 18.0 Å². The van der Waals surface area contributed by atoms with Gasteiger partial charge < -0.3 is 9.15 Å². The Kier molecular flexibility index (Phi) is 5.81. The number of aromatic nitrogens is 1. The molecule has 9 heteroatoms. The highest BCUT2D eigenvalue weighted by Crippen LogP contribution is 2.35. The van der Waals surface area contributed by atoms with Crippen molar-refractivity contribution in [3.63, 3.8) is 0 Å². The van der Waals surface area contributed by atoms with Crippen LogP contribution in [0.1, 0.15) is 26.7 Å². The Bertz CT molecular complexity index is 1240. The van der Waals surface area contributed by atoms with Gasteiger partial charge in [0.2, 0.25) is 5.76 Å². The van der Waals surface area contributed by atoms with Crippen LogP contribution in [0.4, 0.5) is 13.2 Å². The number of carbonyl (C=O) groups is 1. The van der Waals surface area contributed by atoms with E-state index in [0.717, 1.165) is 33.0 Å². The van der Waals surface area contributed by atoms with E-state index in [-0.39, 0.29) is 5.76 Å². The van der Waals surface area contributed by atoms with Gasteiger partial charge in [-0.05, 0) is 43.3 Å². The number of nitrogens with zero attached hydrogens (tertiary/aromatic N) is 1. The Morgan fingerprint density at radius 1 is 1.16 bits per heavy atom. The Morgan fingerprint density at radius 2 is 1.90 bits per heavy atom. The van der Waals surface area contributed by atoms with E-state index in [2.05, 4.69) is 9.72 Å². The van der Waals surface area contributed by atoms with Crippen molar-refractivity contribution in [3.05, 3.63) is 70.4 Å². The van der Waals surface area contributed by atoms with E-state index >= 15 is 0 Å². The normalized spacial score (nSPS) is 11.8. The van der Waals surface area contributed by atoms with E-state index in [1.165, 1.54) is 30.6 Å². The summed E-state index contributed by atoms with van der Waals surface area (Å²) in [7, 11) is 1.30. The molecule has 0 aliphatic heterocycles. The number of hydrogen-bond donors (Lipinski definition) is 0. The predicted octanol–water partition coefficient (Wildman–Crippen LogP) is 6.96. The first-order valence-electron chi connectivity index (χ1n) is 9.13. The van der Waals surface area contributed by atoms with Crippen LogP contribution >= 0.6 is 23.1 Å². The summed E-state index contributed by atoms with van der Waals surface area (Å²) in [4.78, 5) is 18.2. The molecule has 2 aromatic carbocycles. The summed E-state index contributed by atoms with van der Waals surface area (Å²) in [5, 5.41) is 1.49. The molecule has 0 fully saturated rings. The molecule has 0 unspecified atom stereocenters. The molecule has 4 rings (SSSR count). The number of hydrogen-bond acceptors (Lipinski definition) is 6. The minimum absolute atomic E-state index is 0.152. The Balaban J connectivity index is 1.49. The minimum Gasteiger partial charge on any atom is -0.463 e. The molecular formula is C22H16F3NO3S2. The van der Waals surface area contributed by atoms with Gasteiger partial charge >= 0.3 is 12.1 Å². The lowest BCUT2D eigenvalue weighted by atomic mass is 10.1. The number of rotatable bonds is 5. The molecule has 0 spiro atoms. The Hall–Kier alpha value is -2.78. The van der Waals surface area contributed by atoms with Crippen molar-refractivity contribution in [1.82, 2.24) is 4.98 Å². The van der Waals surface area contributed by atoms with Crippen molar-refractivity contribution in [2.24, 2.45) is 0 Å².